The van der Waals surface area contributed by atoms with Crippen LogP contribution >= 0.6 is 15.9 Å². The Morgan fingerprint density at radius 3 is 2.50 bits per heavy atom. The highest BCUT2D eigenvalue weighted by Gasteiger charge is 2.28. The van der Waals surface area contributed by atoms with Gasteiger partial charge in [-0.3, -0.25) is 0 Å². The van der Waals surface area contributed by atoms with Gasteiger partial charge in [0.05, 0.1) is 4.47 Å². The van der Waals surface area contributed by atoms with Gasteiger partial charge in [0.2, 0.25) is 0 Å². The SMILES string of the molecule is N[C@H](c1c(F)ccc(Br)c1F)C1CCCC1. The zero-order valence-corrected chi connectivity index (χ0v) is 10.4. The number of halogens is 3. The smallest absolute Gasteiger partial charge is 0.145 e. The molecule has 1 aromatic rings. The van der Waals surface area contributed by atoms with Gasteiger partial charge in [0.25, 0.3) is 0 Å². The van der Waals surface area contributed by atoms with Crippen LogP contribution in [0.5, 0.6) is 0 Å². The highest BCUT2D eigenvalue weighted by molar-refractivity contribution is 9.10. The number of hydrogen-bond donors (Lipinski definition) is 1. The molecule has 0 unspecified atom stereocenters. The molecule has 2 N–H and O–H groups in total. The first-order chi connectivity index (χ1) is 7.61. The Labute approximate surface area is 102 Å². The molecular weight excluding hydrogens is 276 g/mol. The molecule has 88 valence electrons. The molecule has 16 heavy (non-hydrogen) atoms. The van der Waals surface area contributed by atoms with E-state index in [0.29, 0.717) is 0 Å². The molecule has 0 amide bonds. The van der Waals surface area contributed by atoms with Gasteiger partial charge in [0.1, 0.15) is 11.6 Å². The molecule has 0 spiro atoms. The Bertz CT molecular complexity index is 389. The lowest BCUT2D eigenvalue weighted by Gasteiger charge is -2.20. The third-order valence-electron chi connectivity index (χ3n) is 3.32. The van der Waals surface area contributed by atoms with Crippen LogP contribution in [0, 0.1) is 17.6 Å². The van der Waals surface area contributed by atoms with Crippen LogP contribution in [-0.4, -0.2) is 0 Å². The van der Waals surface area contributed by atoms with E-state index < -0.39 is 17.7 Å². The topological polar surface area (TPSA) is 26.0 Å². The van der Waals surface area contributed by atoms with E-state index in [1.165, 1.54) is 12.1 Å². The van der Waals surface area contributed by atoms with Crippen LogP contribution in [0.2, 0.25) is 0 Å². The summed E-state index contributed by atoms with van der Waals surface area (Å²) in [7, 11) is 0. The van der Waals surface area contributed by atoms with Crippen LogP contribution in [0.4, 0.5) is 8.78 Å². The molecular formula is C12H14BrF2N. The van der Waals surface area contributed by atoms with Crippen molar-refractivity contribution in [3.8, 4) is 0 Å². The monoisotopic (exact) mass is 289 g/mol. The van der Waals surface area contributed by atoms with E-state index in [-0.39, 0.29) is 16.0 Å². The molecule has 4 heteroatoms. The molecule has 0 aromatic heterocycles. The van der Waals surface area contributed by atoms with Crippen molar-refractivity contribution < 1.29 is 8.78 Å². The minimum atomic E-state index is -0.556. The highest BCUT2D eigenvalue weighted by Crippen LogP contribution is 2.37. The summed E-state index contributed by atoms with van der Waals surface area (Å²) < 4.78 is 27.7. The van der Waals surface area contributed by atoms with Crippen LogP contribution < -0.4 is 5.73 Å². The summed E-state index contributed by atoms with van der Waals surface area (Å²) in [6.45, 7) is 0. The summed E-state index contributed by atoms with van der Waals surface area (Å²) in [5.41, 5.74) is 6.00. The van der Waals surface area contributed by atoms with Crippen molar-refractivity contribution in [2.75, 3.05) is 0 Å². The van der Waals surface area contributed by atoms with E-state index in [1.54, 1.807) is 0 Å². The van der Waals surface area contributed by atoms with E-state index in [0.717, 1.165) is 25.7 Å². The summed E-state index contributed by atoms with van der Waals surface area (Å²) in [5, 5.41) is 0. The summed E-state index contributed by atoms with van der Waals surface area (Å²) in [6, 6.07) is 2.10. The molecule has 1 atom stereocenters. The predicted octanol–water partition coefficient (Wildman–Crippen LogP) is 3.92. The normalized spacial score (nSPS) is 19.0. The van der Waals surface area contributed by atoms with Crippen molar-refractivity contribution in [3.05, 3.63) is 33.8 Å². The number of nitrogens with two attached hydrogens (primary N) is 1. The van der Waals surface area contributed by atoms with Crippen molar-refractivity contribution in [2.24, 2.45) is 11.7 Å². The van der Waals surface area contributed by atoms with E-state index in [9.17, 15) is 8.78 Å². The number of rotatable bonds is 2. The molecule has 0 aliphatic heterocycles. The van der Waals surface area contributed by atoms with E-state index in [1.807, 2.05) is 0 Å². The molecule has 1 aliphatic rings. The summed E-state index contributed by atoms with van der Waals surface area (Å²) in [5.74, 6) is -0.891. The third kappa shape index (κ3) is 2.13. The van der Waals surface area contributed by atoms with E-state index >= 15 is 0 Å². The lowest BCUT2D eigenvalue weighted by Crippen LogP contribution is -2.22. The maximum atomic E-state index is 13.8. The molecule has 2 rings (SSSR count). The third-order valence-corrected chi connectivity index (χ3v) is 3.93. The van der Waals surface area contributed by atoms with Gasteiger partial charge < -0.3 is 5.73 Å². The first kappa shape index (κ1) is 12.0. The maximum absolute atomic E-state index is 13.8. The van der Waals surface area contributed by atoms with Gasteiger partial charge >= 0.3 is 0 Å². The zero-order chi connectivity index (χ0) is 11.7. The second kappa shape index (κ2) is 4.80. The summed E-state index contributed by atoms with van der Waals surface area (Å²) in [6.07, 6.45) is 4.14. The first-order valence-corrected chi connectivity index (χ1v) is 6.29. The minimum absolute atomic E-state index is 0.0290. The molecule has 1 aliphatic carbocycles. The zero-order valence-electron chi connectivity index (χ0n) is 8.85. The van der Waals surface area contributed by atoms with Crippen LogP contribution in [-0.2, 0) is 0 Å². The molecule has 0 heterocycles. The molecule has 0 bridgehead atoms. The van der Waals surface area contributed by atoms with Crippen molar-refractivity contribution in [1.82, 2.24) is 0 Å². The summed E-state index contributed by atoms with van der Waals surface area (Å²) in [4.78, 5) is 0. The minimum Gasteiger partial charge on any atom is -0.324 e. The fraction of sp³-hybridized carbons (Fsp3) is 0.500. The van der Waals surface area contributed by atoms with Gasteiger partial charge in [-0.2, -0.15) is 0 Å². The van der Waals surface area contributed by atoms with Crippen molar-refractivity contribution in [3.63, 3.8) is 0 Å². The molecule has 1 saturated carbocycles. The fourth-order valence-corrected chi connectivity index (χ4v) is 2.75. The Balaban J connectivity index is 2.34. The Morgan fingerprint density at radius 1 is 1.25 bits per heavy atom. The quantitative estimate of drug-likeness (QED) is 0.821. The van der Waals surface area contributed by atoms with Crippen molar-refractivity contribution in [1.29, 1.82) is 0 Å². The van der Waals surface area contributed by atoms with Crippen molar-refractivity contribution in [2.45, 2.75) is 31.7 Å². The van der Waals surface area contributed by atoms with Gasteiger partial charge in [-0.1, -0.05) is 12.8 Å². The average molecular weight is 290 g/mol. The second-order valence-corrected chi connectivity index (χ2v) is 5.18. The van der Waals surface area contributed by atoms with Gasteiger partial charge in [-0.15, -0.1) is 0 Å². The predicted molar refractivity (Wildman–Crippen MR) is 62.9 cm³/mol. The van der Waals surface area contributed by atoms with E-state index in [4.69, 9.17) is 5.73 Å². The maximum Gasteiger partial charge on any atom is 0.145 e. The number of benzene rings is 1. The van der Waals surface area contributed by atoms with Gasteiger partial charge in [-0.25, -0.2) is 8.78 Å². The summed E-state index contributed by atoms with van der Waals surface area (Å²) >= 11 is 3.06. The Morgan fingerprint density at radius 2 is 1.88 bits per heavy atom. The fourth-order valence-electron chi connectivity index (χ4n) is 2.40. The second-order valence-electron chi connectivity index (χ2n) is 4.33. The van der Waals surface area contributed by atoms with Crippen molar-refractivity contribution >= 4 is 15.9 Å². The van der Waals surface area contributed by atoms with E-state index in [2.05, 4.69) is 15.9 Å². The Kier molecular flexibility index (Phi) is 3.60. The Hall–Kier alpha value is -0.480. The lowest BCUT2D eigenvalue weighted by molar-refractivity contribution is 0.409. The van der Waals surface area contributed by atoms with Crippen LogP contribution in [0.3, 0.4) is 0 Å². The molecule has 0 saturated heterocycles. The van der Waals surface area contributed by atoms with Crippen LogP contribution in [0.25, 0.3) is 0 Å². The lowest BCUT2D eigenvalue weighted by atomic mass is 9.92. The standard InChI is InChI=1S/C12H14BrF2N/c13-8-5-6-9(14)10(11(8)15)12(16)7-3-1-2-4-7/h5-7,12H,1-4,16H2/t12-/m0/s1. The van der Waals surface area contributed by atoms with Gasteiger partial charge in [0.15, 0.2) is 0 Å². The van der Waals surface area contributed by atoms with Crippen LogP contribution in [0.15, 0.2) is 16.6 Å². The first-order valence-electron chi connectivity index (χ1n) is 5.50. The molecule has 0 radical (unpaired) electrons. The molecule has 1 fully saturated rings. The van der Waals surface area contributed by atoms with Crippen LogP contribution in [0.1, 0.15) is 37.3 Å². The largest absolute Gasteiger partial charge is 0.324 e. The number of hydrogen-bond acceptors (Lipinski definition) is 1. The van der Waals surface area contributed by atoms with Gasteiger partial charge in [0, 0.05) is 11.6 Å². The van der Waals surface area contributed by atoms with Gasteiger partial charge in [-0.05, 0) is 46.8 Å². The molecule has 1 aromatic carbocycles. The highest BCUT2D eigenvalue weighted by atomic mass is 79.9. The average Bonchev–Trinajstić information content (AvgIpc) is 2.77. The molecule has 1 nitrogen and oxygen atoms in total.